The van der Waals surface area contributed by atoms with Gasteiger partial charge in [-0.15, -0.1) is 0 Å². The number of aromatic nitrogens is 5. The lowest BCUT2D eigenvalue weighted by Gasteiger charge is -2.33. The third-order valence-corrected chi connectivity index (χ3v) is 7.36. The summed E-state index contributed by atoms with van der Waals surface area (Å²) >= 11 is 5.80. The van der Waals surface area contributed by atoms with Crippen molar-refractivity contribution in [2.75, 3.05) is 23.3 Å². The van der Waals surface area contributed by atoms with Crippen molar-refractivity contribution in [2.24, 2.45) is 0 Å². The van der Waals surface area contributed by atoms with Crippen LogP contribution in [0.15, 0.2) is 55.2 Å². The quantitative estimate of drug-likeness (QED) is 0.333. The molecule has 13 heteroatoms. The van der Waals surface area contributed by atoms with E-state index in [-0.39, 0.29) is 16.4 Å². The van der Waals surface area contributed by atoms with Gasteiger partial charge in [0.15, 0.2) is 5.82 Å². The van der Waals surface area contributed by atoms with E-state index in [1.54, 1.807) is 10.9 Å². The third kappa shape index (κ3) is 5.36. The number of amides is 1. The molecule has 0 radical (unpaired) electrons. The zero-order valence-corrected chi connectivity index (χ0v) is 21.8. The molecule has 4 aromatic rings. The third-order valence-electron chi connectivity index (χ3n) is 7.07. The van der Waals surface area contributed by atoms with E-state index < -0.39 is 29.3 Å². The molecule has 206 valence electrons. The molecule has 2 atom stereocenters. The summed E-state index contributed by atoms with van der Waals surface area (Å²) in [6.07, 6.45) is 6.62. The predicted molar refractivity (Wildman–Crippen MR) is 143 cm³/mol. The molecular weight excluding hydrogens is 545 g/mol. The first-order valence-electron chi connectivity index (χ1n) is 12.7. The molecule has 2 aliphatic rings. The molecule has 5 heterocycles. The Morgan fingerprint density at radius 1 is 1.10 bits per heavy atom. The summed E-state index contributed by atoms with van der Waals surface area (Å²) < 4.78 is 43.3. The first-order chi connectivity index (χ1) is 19.3. The number of pyridine rings is 1. The molecule has 1 amide bonds. The first-order valence-corrected chi connectivity index (χ1v) is 13.1. The zero-order chi connectivity index (χ0) is 27.8. The van der Waals surface area contributed by atoms with Crippen molar-refractivity contribution in [3.63, 3.8) is 0 Å². The van der Waals surface area contributed by atoms with Crippen LogP contribution in [0.2, 0.25) is 5.02 Å². The Bertz CT molecular complexity index is 1540. The molecule has 0 saturated carbocycles. The van der Waals surface area contributed by atoms with Crippen molar-refractivity contribution in [3.8, 4) is 11.3 Å². The maximum atomic E-state index is 14.7. The number of nitrogens with zero attached hydrogens (tertiary/aromatic N) is 6. The normalized spacial score (nSPS) is 18.4. The second kappa shape index (κ2) is 10.9. The Labute approximate surface area is 232 Å². The topological polar surface area (TPSA) is 101 Å². The number of nitrogens with one attached hydrogen (secondary N) is 2. The SMILES string of the molecule is O=C(Nc1cnn(Cc2ccc(N3CC4CCC(C3)N4)nc2)c1)c1cncc(-c2c(C(F)F)ccc(Cl)c2F)n1. The number of carbonyl (C=O) groups is 1. The van der Waals surface area contributed by atoms with Crippen molar-refractivity contribution in [2.45, 2.75) is 37.9 Å². The summed E-state index contributed by atoms with van der Waals surface area (Å²) in [4.78, 5) is 27.8. The summed E-state index contributed by atoms with van der Waals surface area (Å²) in [6, 6.07) is 7.14. The van der Waals surface area contributed by atoms with E-state index in [0.29, 0.717) is 24.3 Å². The molecule has 2 unspecified atom stereocenters. The number of rotatable bonds is 7. The number of benzene rings is 1. The lowest BCUT2D eigenvalue weighted by molar-refractivity contribution is 0.102. The van der Waals surface area contributed by atoms with Crippen molar-refractivity contribution in [1.29, 1.82) is 0 Å². The minimum Gasteiger partial charge on any atom is -0.353 e. The number of hydrogen-bond donors (Lipinski definition) is 2. The molecule has 2 N–H and O–H groups in total. The van der Waals surface area contributed by atoms with Gasteiger partial charge in [0, 0.05) is 48.7 Å². The van der Waals surface area contributed by atoms with Crippen molar-refractivity contribution < 1.29 is 18.0 Å². The zero-order valence-electron chi connectivity index (χ0n) is 21.1. The van der Waals surface area contributed by atoms with Crippen LogP contribution in [0.1, 0.15) is 40.9 Å². The summed E-state index contributed by atoms with van der Waals surface area (Å²) in [5, 5.41) is 10.2. The monoisotopic (exact) mass is 568 g/mol. The molecule has 9 nitrogen and oxygen atoms in total. The first kappa shape index (κ1) is 26.2. The molecule has 0 aliphatic carbocycles. The van der Waals surface area contributed by atoms with Crippen LogP contribution < -0.4 is 15.5 Å². The molecule has 2 saturated heterocycles. The van der Waals surface area contributed by atoms with Crippen molar-refractivity contribution in [1.82, 2.24) is 30.0 Å². The van der Waals surface area contributed by atoms with Crippen LogP contribution in [0.25, 0.3) is 11.3 Å². The lowest BCUT2D eigenvalue weighted by atomic mass is 10.0. The molecular formula is C27H24ClF3N8O. The van der Waals surface area contributed by atoms with E-state index >= 15 is 0 Å². The number of anilines is 2. The molecule has 6 rings (SSSR count). The van der Waals surface area contributed by atoms with Gasteiger partial charge in [-0.1, -0.05) is 23.7 Å². The minimum absolute atomic E-state index is 0.189. The highest BCUT2D eigenvalue weighted by Gasteiger charge is 2.32. The molecule has 3 aromatic heterocycles. The molecule has 2 fully saturated rings. The van der Waals surface area contributed by atoms with E-state index in [0.717, 1.165) is 49.0 Å². The van der Waals surface area contributed by atoms with Gasteiger partial charge in [-0.05, 0) is 30.5 Å². The maximum absolute atomic E-state index is 14.7. The van der Waals surface area contributed by atoms with Crippen LogP contribution in [0.3, 0.4) is 0 Å². The van der Waals surface area contributed by atoms with Crippen molar-refractivity contribution >= 4 is 29.0 Å². The van der Waals surface area contributed by atoms with E-state index in [1.165, 1.54) is 19.0 Å². The highest BCUT2D eigenvalue weighted by atomic mass is 35.5. The average molecular weight is 569 g/mol. The highest BCUT2D eigenvalue weighted by Crippen LogP contribution is 2.35. The van der Waals surface area contributed by atoms with E-state index in [9.17, 15) is 18.0 Å². The summed E-state index contributed by atoms with van der Waals surface area (Å²) in [6.45, 7) is 2.36. The number of piperazine rings is 1. The molecule has 2 aliphatic heterocycles. The highest BCUT2D eigenvalue weighted by molar-refractivity contribution is 6.31. The fourth-order valence-electron chi connectivity index (χ4n) is 5.18. The van der Waals surface area contributed by atoms with E-state index in [4.69, 9.17) is 11.6 Å². The van der Waals surface area contributed by atoms with Crippen molar-refractivity contribution in [3.05, 3.63) is 82.9 Å². The number of alkyl halides is 2. The standard InChI is InChI=1S/C27H24ClF3N8O/c28-20-5-4-19(26(30)31)24(25(20)29)21-9-32-10-22(37-21)27(40)36-18-8-34-39(14-18)11-15-1-6-23(33-7-15)38-12-16-2-3-17(13-38)35-16/h1,4-10,14,16-17,26,35H,2-3,11-13H2,(H,36,40). The van der Waals surface area contributed by atoms with Crippen LogP contribution >= 0.6 is 11.6 Å². The van der Waals surface area contributed by atoms with Gasteiger partial charge in [0.1, 0.15) is 11.5 Å². The summed E-state index contributed by atoms with van der Waals surface area (Å²) in [7, 11) is 0. The van der Waals surface area contributed by atoms with Gasteiger partial charge in [0.05, 0.1) is 41.5 Å². The van der Waals surface area contributed by atoms with Gasteiger partial charge in [-0.3, -0.25) is 14.5 Å². The molecule has 1 aromatic carbocycles. The average Bonchev–Trinajstić information content (AvgIpc) is 3.54. The smallest absolute Gasteiger partial charge is 0.275 e. The summed E-state index contributed by atoms with van der Waals surface area (Å²) in [5.41, 5.74) is -0.187. The maximum Gasteiger partial charge on any atom is 0.275 e. The second-order valence-electron chi connectivity index (χ2n) is 9.86. The van der Waals surface area contributed by atoms with Crippen LogP contribution in [0, 0.1) is 5.82 Å². The molecule has 0 spiro atoms. The molecule has 2 bridgehead atoms. The fraction of sp³-hybridized carbons (Fsp3) is 0.296. The summed E-state index contributed by atoms with van der Waals surface area (Å²) in [5.74, 6) is -0.765. The van der Waals surface area contributed by atoms with Crippen LogP contribution in [-0.4, -0.2) is 55.8 Å². The van der Waals surface area contributed by atoms with E-state index in [1.807, 2.05) is 18.3 Å². The van der Waals surface area contributed by atoms with Gasteiger partial charge >= 0.3 is 0 Å². The minimum atomic E-state index is -2.98. The Balaban J connectivity index is 1.12. The number of carbonyl (C=O) groups excluding carboxylic acids is 1. The predicted octanol–water partition coefficient (Wildman–Crippen LogP) is 4.71. The fourth-order valence-corrected chi connectivity index (χ4v) is 5.34. The van der Waals surface area contributed by atoms with Gasteiger partial charge in [0.25, 0.3) is 12.3 Å². The van der Waals surface area contributed by atoms with Gasteiger partial charge < -0.3 is 15.5 Å². The number of hydrogen-bond acceptors (Lipinski definition) is 7. The number of fused-ring (bicyclic) bond motifs is 2. The Hall–Kier alpha value is -4.03. The van der Waals surface area contributed by atoms with Crippen LogP contribution in [-0.2, 0) is 6.54 Å². The van der Waals surface area contributed by atoms with Crippen LogP contribution in [0.4, 0.5) is 24.7 Å². The van der Waals surface area contributed by atoms with E-state index in [2.05, 4.69) is 35.6 Å². The Morgan fingerprint density at radius 3 is 2.62 bits per heavy atom. The lowest BCUT2D eigenvalue weighted by Crippen LogP contribution is -2.51. The van der Waals surface area contributed by atoms with Gasteiger partial charge in [0.2, 0.25) is 0 Å². The Morgan fingerprint density at radius 2 is 1.90 bits per heavy atom. The van der Waals surface area contributed by atoms with Crippen LogP contribution in [0.5, 0.6) is 0 Å². The Kier molecular flexibility index (Phi) is 7.11. The number of halogens is 4. The largest absolute Gasteiger partial charge is 0.353 e. The van der Waals surface area contributed by atoms with Gasteiger partial charge in [-0.2, -0.15) is 5.10 Å². The second-order valence-corrected chi connectivity index (χ2v) is 10.3. The van der Waals surface area contributed by atoms with Gasteiger partial charge in [-0.25, -0.2) is 23.1 Å². The molecule has 40 heavy (non-hydrogen) atoms.